The molecule has 1 aliphatic rings. The summed E-state index contributed by atoms with van der Waals surface area (Å²) in [6.07, 6.45) is 0. The van der Waals surface area contributed by atoms with Gasteiger partial charge in [0.05, 0.1) is 11.5 Å². The van der Waals surface area contributed by atoms with Crippen LogP contribution in [-0.2, 0) is 19.6 Å². The molecule has 1 aromatic carbocycles. The molecule has 0 N–H and O–H groups in total. The van der Waals surface area contributed by atoms with Crippen molar-refractivity contribution in [3.8, 4) is 0 Å². The molecule has 1 heterocycles. The van der Waals surface area contributed by atoms with Crippen LogP contribution in [0.25, 0.3) is 0 Å². The number of sulfonamides is 1. The molecule has 146 valence electrons. The van der Waals surface area contributed by atoms with Gasteiger partial charge in [-0.1, -0.05) is 6.07 Å². The highest BCUT2D eigenvalue weighted by Gasteiger charge is 2.34. The maximum Gasteiger partial charge on any atom is 0.323 e. The van der Waals surface area contributed by atoms with Crippen LogP contribution in [-0.4, -0.2) is 62.4 Å². The Labute approximate surface area is 157 Å². The zero-order valence-electron chi connectivity index (χ0n) is 16.6. The first-order valence-corrected chi connectivity index (χ1v) is 10.5. The van der Waals surface area contributed by atoms with Crippen molar-refractivity contribution in [1.29, 1.82) is 0 Å². The molecule has 1 fully saturated rings. The highest BCUT2D eigenvalue weighted by Crippen LogP contribution is 2.29. The normalized spacial score (nSPS) is 17.9. The van der Waals surface area contributed by atoms with Gasteiger partial charge in [0.25, 0.3) is 0 Å². The molecule has 0 saturated carbocycles. The molecule has 0 bridgehead atoms. The fourth-order valence-electron chi connectivity index (χ4n) is 3.44. The summed E-state index contributed by atoms with van der Waals surface area (Å²) in [5, 5.41) is 0. The van der Waals surface area contributed by atoms with Crippen LogP contribution in [0.5, 0.6) is 0 Å². The summed E-state index contributed by atoms with van der Waals surface area (Å²) >= 11 is 0. The first-order chi connectivity index (χ1) is 12.1. The Morgan fingerprint density at radius 2 is 1.58 bits per heavy atom. The average Bonchev–Trinajstić information content (AvgIpc) is 2.59. The van der Waals surface area contributed by atoms with Crippen molar-refractivity contribution in [1.82, 2.24) is 9.21 Å². The Bertz CT molecular complexity index is 755. The van der Waals surface area contributed by atoms with Crippen LogP contribution in [0.4, 0.5) is 0 Å². The molecular formula is C19H30N2O4S. The lowest BCUT2D eigenvalue weighted by Gasteiger charge is -2.36. The first-order valence-electron chi connectivity index (χ1n) is 9.09. The summed E-state index contributed by atoms with van der Waals surface area (Å²) in [5.41, 5.74) is 3.60. The van der Waals surface area contributed by atoms with Gasteiger partial charge in [-0.15, -0.1) is 0 Å². The summed E-state index contributed by atoms with van der Waals surface area (Å²) in [7, 11) is -3.56. The highest BCUT2D eigenvalue weighted by atomic mass is 32.2. The molecule has 2 rings (SSSR count). The van der Waals surface area contributed by atoms with Crippen molar-refractivity contribution in [2.24, 2.45) is 0 Å². The smallest absolute Gasteiger partial charge is 0.323 e. The quantitative estimate of drug-likeness (QED) is 0.730. The van der Waals surface area contributed by atoms with Crippen molar-refractivity contribution in [2.45, 2.75) is 52.5 Å². The second-order valence-corrected chi connectivity index (χ2v) is 8.83. The molecule has 1 aromatic rings. The van der Waals surface area contributed by atoms with E-state index < -0.39 is 10.0 Å². The fourth-order valence-corrected chi connectivity index (χ4v) is 5.44. The van der Waals surface area contributed by atoms with Gasteiger partial charge in [-0.25, -0.2) is 8.42 Å². The van der Waals surface area contributed by atoms with Crippen LogP contribution in [0, 0.1) is 27.7 Å². The van der Waals surface area contributed by atoms with Crippen LogP contribution in [0.1, 0.15) is 36.1 Å². The van der Waals surface area contributed by atoms with Gasteiger partial charge in [0.1, 0.15) is 6.04 Å². The largest absolute Gasteiger partial charge is 0.465 e. The minimum absolute atomic E-state index is 0.259. The number of piperazine rings is 1. The molecule has 0 amide bonds. The molecular weight excluding hydrogens is 352 g/mol. The molecule has 1 saturated heterocycles. The third-order valence-electron chi connectivity index (χ3n) is 5.34. The molecule has 6 nitrogen and oxygen atoms in total. The molecule has 0 aromatic heterocycles. The highest BCUT2D eigenvalue weighted by molar-refractivity contribution is 7.89. The number of aryl methyl sites for hydroxylation is 2. The lowest BCUT2D eigenvalue weighted by molar-refractivity contribution is -0.149. The van der Waals surface area contributed by atoms with Gasteiger partial charge in [0.2, 0.25) is 10.0 Å². The topological polar surface area (TPSA) is 66.9 Å². The summed E-state index contributed by atoms with van der Waals surface area (Å²) in [5.74, 6) is -0.259. The van der Waals surface area contributed by atoms with E-state index in [-0.39, 0.29) is 12.0 Å². The van der Waals surface area contributed by atoms with Gasteiger partial charge < -0.3 is 4.74 Å². The number of nitrogens with zero attached hydrogens (tertiary/aromatic N) is 2. The molecule has 1 unspecified atom stereocenters. The molecule has 1 aliphatic heterocycles. The van der Waals surface area contributed by atoms with E-state index in [1.54, 1.807) is 13.8 Å². The SMILES string of the molecule is CCOC(=O)C(C)N1CCN(S(=O)(=O)c2c(C)c(C)cc(C)c2C)CC1. The van der Waals surface area contributed by atoms with Gasteiger partial charge in [-0.05, 0) is 63.8 Å². The van der Waals surface area contributed by atoms with Crippen molar-refractivity contribution in [3.05, 3.63) is 28.3 Å². The number of benzene rings is 1. The fraction of sp³-hybridized carbons (Fsp3) is 0.632. The zero-order chi connectivity index (χ0) is 19.6. The Kier molecular flexibility index (Phi) is 6.47. The van der Waals surface area contributed by atoms with Crippen molar-refractivity contribution in [2.75, 3.05) is 32.8 Å². The summed E-state index contributed by atoms with van der Waals surface area (Å²) < 4.78 is 33.1. The van der Waals surface area contributed by atoms with E-state index in [1.165, 1.54) is 4.31 Å². The second-order valence-electron chi connectivity index (χ2n) is 6.96. The summed E-state index contributed by atoms with van der Waals surface area (Å²) in [4.78, 5) is 14.3. The van der Waals surface area contributed by atoms with Gasteiger partial charge in [-0.2, -0.15) is 4.31 Å². The monoisotopic (exact) mass is 382 g/mol. The van der Waals surface area contributed by atoms with Crippen LogP contribution in [0.2, 0.25) is 0 Å². The second kappa shape index (κ2) is 8.06. The van der Waals surface area contributed by atoms with Crippen LogP contribution in [0.3, 0.4) is 0 Å². The molecule has 0 radical (unpaired) electrons. The van der Waals surface area contributed by atoms with E-state index in [0.717, 1.165) is 22.3 Å². The number of hydrogen-bond acceptors (Lipinski definition) is 5. The Hall–Kier alpha value is -1.44. The lowest BCUT2D eigenvalue weighted by atomic mass is 10.0. The van der Waals surface area contributed by atoms with Gasteiger partial charge in [-0.3, -0.25) is 9.69 Å². The van der Waals surface area contributed by atoms with Crippen molar-refractivity contribution in [3.63, 3.8) is 0 Å². The van der Waals surface area contributed by atoms with E-state index >= 15 is 0 Å². The maximum atomic E-state index is 13.3. The van der Waals surface area contributed by atoms with Gasteiger partial charge in [0.15, 0.2) is 0 Å². The predicted octanol–water partition coefficient (Wildman–Crippen LogP) is 2.18. The third-order valence-corrected chi connectivity index (χ3v) is 7.52. The van der Waals surface area contributed by atoms with Crippen LogP contribution < -0.4 is 0 Å². The third kappa shape index (κ3) is 3.94. The zero-order valence-corrected chi connectivity index (χ0v) is 17.4. The molecule has 0 aliphatic carbocycles. The molecule has 7 heteroatoms. The van der Waals surface area contributed by atoms with Crippen molar-refractivity contribution < 1.29 is 17.9 Å². The Morgan fingerprint density at radius 1 is 1.08 bits per heavy atom. The average molecular weight is 383 g/mol. The summed E-state index contributed by atoms with van der Waals surface area (Å²) in [6, 6.07) is 1.67. The number of hydrogen-bond donors (Lipinski definition) is 0. The van der Waals surface area contributed by atoms with Gasteiger partial charge in [0, 0.05) is 26.2 Å². The molecule has 26 heavy (non-hydrogen) atoms. The number of esters is 1. The minimum atomic E-state index is -3.56. The maximum absolute atomic E-state index is 13.3. The predicted molar refractivity (Wildman–Crippen MR) is 102 cm³/mol. The summed E-state index contributed by atoms with van der Waals surface area (Å²) in [6.45, 7) is 13.3. The number of carbonyl (C=O) groups is 1. The van der Waals surface area contributed by atoms with Crippen LogP contribution in [0.15, 0.2) is 11.0 Å². The Balaban J connectivity index is 2.20. The van der Waals surface area contributed by atoms with E-state index in [2.05, 4.69) is 0 Å². The van der Waals surface area contributed by atoms with E-state index in [0.29, 0.717) is 37.7 Å². The minimum Gasteiger partial charge on any atom is -0.465 e. The van der Waals surface area contributed by atoms with E-state index in [4.69, 9.17) is 4.74 Å². The molecule has 1 atom stereocenters. The Morgan fingerprint density at radius 3 is 2.04 bits per heavy atom. The number of carbonyl (C=O) groups excluding carboxylic acids is 1. The van der Waals surface area contributed by atoms with E-state index in [1.807, 2.05) is 38.7 Å². The standard InChI is InChI=1S/C19H30N2O4S/c1-7-25-19(22)17(6)20-8-10-21(11-9-20)26(23,24)18-15(4)13(2)12-14(3)16(18)5/h12,17H,7-11H2,1-6H3. The first kappa shape index (κ1) is 20.9. The molecule has 0 spiro atoms. The lowest BCUT2D eigenvalue weighted by Crippen LogP contribution is -2.53. The van der Waals surface area contributed by atoms with Crippen LogP contribution >= 0.6 is 0 Å². The van der Waals surface area contributed by atoms with E-state index in [9.17, 15) is 13.2 Å². The number of rotatable bonds is 5. The van der Waals surface area contributed by atoms with Crippen molar-refractivity contribution >= 4 is 16.0 Å². The number of ether oxygens (including phenoxy) is 1. The van der Waals surface area contributed by atoms with Gasteiger partial charge >= 0.3 is 5.97 Å².